The summed E-state index contributed by atoms with van der Waals surface area (Å²) in [5.74, 6) is 0.0864. The SMILES string of the molecule is O=C(C1CC2CCCCC2N1C(=O)/C=C/c1cccc(C(F)(F)F)c1)N1CCCC1. The summed E-state index contributed by atoms with van der Waals surface area (Å²) < 4.78 is 38.8. The van der Waals surface area contributed by atoms with Crippen molar-refractivity contribution in [2.75, 3.05) is 13.1 Å². The number of hydrogen-bond donors (Lipinski definition) is 0. The zero-order valence-electron chi connectivity index (χ0n) is 16.9. The molecule has 2 amide bonds. The van der Waals surface area contributed by atoms with E-state index in [1.54, 1.807) is 11.0 Å². The van der Waals surface area contributed by atoms with Gasteiger partial charge in [-0.15, -0.1) is 0 Å². The minimum atomic E-state index is -4.43. The van der Waals surface area contributed by atoms with E-state index in [2.05, 4.69) is 0 Å². The van der Waals surface area contributed by atoms with Crippen molar-refractivity contribution in [1.29, 1.82) is 0 Å². The Kier molecular flexibility index (Phi) is 5.89. The van der Waals surface area contributed by atoms with Gasteiger partial charge >= 0.3 is 6.18 Å². The van der Waals surface area contributed by atoms with Gasteiger partial charge in [0.2, 0.25) is 11.8 Å². The second-order valence-electron chi connectivity index (χ2n) is 8.60. The molecule has 0 radical (unpaired) electrons. The number of alkyl halides is 3. The van der Waals surface area contributed by atoms with Crippen LogP contribution in [0, 0.1) is 5.92 Å². The van der Waals surface area contributed by atoms with Crippen LogP contribution >= 0.6 is 0 Å². The summed E-state index contributed by atoms with van der Waals surface area (Å²) in [6.07, 6.45) is 5.08. The number of hydrogen-bond acceptors (Lipinski definition) is 2. The van der Waals surface area contributed by atoms with Crippen molar-refractivity contribution >= 4 is 17.9 Å². The van der Waals surface area contributed by atoms with Crippen LogP contribution < -0.4 is 0 Å². The van der Waals surface area contributed by atoms with E-state index < -0.39 is 17.8 Å². The first kappa shape index (κ1) is 20.9. The highest BCUT2D eigenvalue weighted by Crippen LogP contribution is 2.40. The van der Waals surface area contributed by atoms with E-state index in [4.69, 9.17) is 0 Å². The summed E-state index contributed by atoms with van der Waals surface area (Å²) in [5, 5.41) is 0. The highest BCUT2D eigenvalue weighted by Gasteiger charge is 2.48. The number of fused-ring (bicyclic) bond motifs is 1. The lowest BCUT2D eigenvalue weighted by Gasteiger charge is -2.34. The Morgan fingerprint density at radius 3 is 2.50 bits per heavy atom. The molecule has 2 aliphatic heterocycles. The van der Waals surface area contributed by atoms with Crippen molar-refractivity contribution in [3.8, 4) is 0 Å². The van der Waals surface area contributed by atoms with Crippen LogP contribution in [0.3, 0.4) is 0 Å². The van der Waals surface area contributed by atoms with Crippen molar-refractivity contribution in [3.63, 3.8) is 0 Å². The minimum absolute atomic E-state index is 0.0303. The third-order valence-corrected chi connectivity index (χ3v) is 6.68. The van der Waals surface area contributed by atoms with E-state index in [0.29, 0.717) is 17.9 Å². The van der Waals surface area contributed by atoms with Crippen molar-refractivity contribution < 1.29 is 22.8 Å². The zero-order chi connectivity index (χ0) is 21.3. The minimum Gasteiger partial charge on any atom is -0.341 e. The number of carbonyl (C=O) groups is 2. The van der Waals surface area contributed by atoms with Crippen molar-refractivity contribution in [2.24, 2.45) is 5.92 Å². The normalized spacial score (nSPS) is 27.0. The summed E-state index contributed by atoms with van der Waals surface area (Å²) >= 11 is 0. The Morgan fingerprint density at radius 2 is 1.77 bits per heavy atom. The largest absolute Gasteiger partial charge is 0.416 e. The predicted octanol–water partition coefficient (Wildman–Crippen LogP) is 4.50. The number of benzene rings is 1. The number of rotatable bonds is 3. The summed E-state index contributed by atoms with van der Waals surface area (Å²) in [5.41, 5.74) is -0.423. The lowest BCUT2D eigenvalue weighted by molar-refractivity contribution is -0.142. The Bertz CT molecular complexity index is 830. The van der Waals surface area contributed by atoms with Gasteiger partial charge in [-0.25, -0.2) is 0 Å². The molecule has 0 bridgehead atoms. The molecule has 1 aromatic carbocycles. The monoisotopic (exact) mass is 420 g/mol. The molecule has 3 atom stereocenters. The van der Waals surface area contributed by atoms with Crippen LogP contribution in [0.2, 0.25) is 0 Å². The molecular weight excluding hydrogens is 393 g/mol. The van der Waals surface area contributed by atoms with Crippen LogP contribution in [-0.2, 0) is 15.8 Å². The van der Waals surface area contributed by atoms with Gasteiger partial charge in [-0.3, -0.25) is 9.59 Å². The number of halogens is 3. The van der Waals surface area contributed by atoms with E-state index in [1.807, 2.05) is 4.90 Å². The average Bonchev–Trinajstić information content (AvgIpc) is 3.39. The molecule has 0 aromatic heterocycles. The summed E-state index contributed by atoms with van der Waals surface area (Å²) in [4.78, 5) is 29.8. The van der Waals surface area contributed by atoms with E-state index >= 15 is 0 Å². The maximum atomic E-state index is 13.1. The maximum absolute atomic E-state index is 13.1. The quantitative estimate of drug-likeness (QED) is 0.676. The van der Waals surface area contributed by atoms with Crippen LogP contribution in [0.25, 0.3) is 6.08 Å². The van der Waals surface area contributed by atoms with Crippen molar-refractivity contribution in [1.82, 2.24) is 9.80 Å². The van der Waals surface area contributed by atoms with E-state index in [9.17, 15) is 22.8 Å². The highest BCUT2D eigenvalue weighted by atomic mass is 19.4. The Hall–Kier alpha value is -2.31. The average molecular weight is 420 g/mol. The first-order chi connectivity index (χ1) is 14.3. The summed E-state index contributed by atoms with van der Waals surface area (Å²) in [6.45, 7) is 1.49. The molecule has 2 saturated heterocycles. The predicted molar refractivity (Wildman–Crippen MR) is 107 cm³/mol. The van der Waals surface area contributed by atoms with Gasteiger partial charge in [0, 0.05) is 25.2 Å². The molecule has 0 N–H and O–H groups in total. The van der Waals surface area contributed by atoms with Gasteiger partial charge in [0.05, 0.1) is 5.56 Å². The molecule has 0 spiro atoms. The summed E-state index contributed by atoms with van der Waals surface area (Å²) in [7, 11) is 0. The van der Waals surface area contributed by atoms with Gasteiger partial charge in [0.25, 0.3) is 0 Å². The molecule has 1 aromatic rings. The standard InChI is InChI=1S/C23H27F3N2O2/c24-23(25,26)18-8-5-6-16(14-18)10-11-21(29)28-19-9-2-1-7-17(19)15-20(28)22(30)27-12-3-4-13-27/h5-6,8,10-11,14,17,19-20H,1-4,7,9,12-13,15H2/b11-10+. The molecule has 7 heteroatoms. The number of amides is 2. The van der Waals surface area contributed by atoms with Gasteiger partial charge in [0.1, 0.15) is 6.04 Å². The molecule has 1 aliphatic carbocycles. The fraction of sp³-hybridized carbons (Fsp3) is 0.565. The molecule has 1 saturated carbocycles. The molecule has 30 heavy (non-hydrogen) atoms. The van der Waals surface area contributed by atoms with Crippen LogP contribution in [-0.4, -0.2) is 46.8 Å². The van der Waals surface area contributed by atoms with E-state index in [0.717, 1.165) is 63.7 Å². The Balaban J connectivity index is 1.55. The second-order valence-corrected chi connectivity index (χ2v) is 8.60. The van der Waals surface area contributed by atoms with Gasteiger partial charge in [-0.05, 0) is 61.8 Å². The summed E-state index contributed by atoms with van der Waals surface area (Å²) in [6, 6.07) is 4.52. The van der Waals surface area contributed by atoms with E-state index in [1.165, 1.54) is 18.2 Å². The number of likely N-dealkylation sites (tertiary alicyclic amines) is 2. The van der Waals surface area contributed by atoms with Crippen LogP contribution in [0.4, 0.5) is 13.2 Å². The topological polar surface area (TPSA) is 40.6 Å². The van der Waals surface area contributed by atoms with Crippen LogP contribution in [0.15, 0.2) is 30.3 Å². The molecular formula is C23H27F3N2O2. The Labute approximate surface area is 174 Å². The first-order valence-electron chi connectivity index (χ1n) is 10.8. The molecule has 4 nitrogen and oxygen atoms in total. The molecule has 4 rings (SSSR count). The van der Waals surface area contributed by atoms with E-state index in [-0.39, 0.29) is 17.9 Å². The lowest BCUT2D eigenvalue weighted by Crippen LogP contribution is -2.49. The van der Waals surface area contributed by atoms with Crippen molar-refractivity contribution in [3.05, 3.63) is 41.5 Å². The second kappa shape index (κ2) is 8.44. The van der Waals surface area contributed by atoms with Crippen LogP contribution in [0.5, 0.6) is 0 Å². The smallest absolute Gasteiger partial charge is 0.341 e. The Morgan fingerprint density at radius 1 is 1.03 bits per heavy atom. The fourth-order valence-electron chi connectivity index (χ4n) is 5.22. The van der Waals surface area contributed by atoms with Gasteiger partial charge in [0.15, 0.2) is 0 Å². The van der Waals surface area contributed by atoms with Gasteiger partial charge < -0.3 is 9.80 Å². The third kappa shape index (κ3) is 4.25. The third-order valence-electron chi connectivity index (χ3n) is 6.68. The lowest BCUT2D eigenvalue weighted by atomic mass is 9.84. The first-order valence-corrected chi connectivity index (χ1v) is 10.8. The zero-order valence-corrected chi connectivity index (χ0v) is 16.9. The molecule has 3 fully saturated rings. The molecule has 3 unspecified atom stereocenters. The molecule has 2 heterocycles. The van der Waals surface area contributed by atoms with Gasteiger partial charge in [-0.2, -0.15) is 13.2 Å². The number of carbonyl (C=O) groups excluding carboxylic acids is 2. The van der Waals surface area contributed by atoms with Crippen LogP contribution in [0.1, 0.15) is 56.1 Å². The maximum Gasteiger partial charge on any atom is 0.416 e. The fourth-order valence-corrected chi connectivity index (χ4v) is 5.22. The highest BCUT2D eigenvalue weighted by molar-refractivity contribution is 5.96. The molecule has 162 valence electrons. The van der Waals surface area contributed by atoms with Crippen molar-refractivity contribution in [2.45, 2.75) is 63.2 Å². The van der Waals surface area contributed by atoms with Gasteiger partial charge in [-0.1, -0.05) is 25.0 Å². The number of nitrogens with zero attached hydrogens (tertiary/aromatic N) is 2. The molecule has 3 aliphatic rings.